The molecule has 4 aliphatic rings. The van der Waals surface area contributed by atoms with E-state index in [9.17, 15) is 32.7 Å². The van der Waals surface area contributed by atoms with Crippen molar-refractivity contribution in [2.45, 2.75) is 107 Å². The molecule has 5 rings (SSSR count). The van der Waals surface area contributed by atoms with Crippen molar-refractivity contribution in [3.05, 3.63) is 34.0 Å². The van der Waals surface area contributed by atoms with E-state index in [0.29, 0.717) is 54.8 Å². The fraction of sp³-hybridized carbons (Fsp3) is 0.655. The largest absolute Gasteiger partial charge is 0.385 e. The van der Waals surface area contributed by atoms with Crippen LogP contribution in [0.2, 0.25) is 0 Å². The molecule has 4 atom stereocenters. The van der Waals surface area contributed by atoms with Crippen molar-refractivity contribution < 1.29 is 32.7 Å². The maximum absolute atomic E-state index is 13.8. The average molecular weight is 621 g/mol. The van der Waals surface area contributed by atoms with E-state index in [1.807, 2.05) is 12.2 Å². The summed E-state index contributed by atoms with van der Waals surface area (Å²) in [4.78, 5) is 56.4. The average Bonchev–Trinajstić information content (AvgIpc) is 3.76. The monoisotopic (exact) mass is 620 g/mol. The van der Waals surface area contributed by atoms with Crippen LogP contribution in [0.4, 0.5) is 0 Å². The summed E-state index contributed by atoms with van der Waals surface area (Å²) in [7, 11) is -3.80. The van der Waals surface area contributed by atoms with E-state index in [4.69, 9.17) is 0 Å². The van der Waals surface area contributed by atoms with E-state index < -0.39 is 56.2 Å². The highest BCUT2D eigenvalue weighted by molar-refractivity contribution is 7.91. The fourth-order valence-electron chi connectivity index (χ4n) is 5.79. The number of nitrogens with zero attached hydrogens (tertiary/aromatic N) is 1. The number of amides is 4. The molecule has 1 aromatic rings. The highest BCUT2D eigenvalue weighted by atomic mass is 32.2. The van der Waals surface area contributed by atoms with Crippen molar-refractivity contribution in [1.82, 2.24) is 20.3 Å². The maximum Gasteiger partial charge on any atom is 0.262 e. The van der Waals surface area contributed by atoms with Gasteiger partial charge >= 0.3 is 0 Å². The van der Waals surface area contributed by atoms with Crippen LogP contribution in [0.1, 0.15) is 92.6 Å². The molecule has 4 amide bonds. The molecule has 230 valence electrons. The minimum absolute atomic E-state index is 0.286. The molecular weight excluding hydrogens is 580 g/mol. The van der Waals surface area contributed by atoms with Gasteiger partial charge in [-0.25, -0.2) is 8.42 Å². The third-order valence-electron chi connectivity index (χ3n) is 8.57. The summed E-state index contributed by atoms with van der Waals surface area (Å²) in [6, 6.07) is 1.65. The highest BCUT2D eigenvalue weighted by Crippen LogP contribution is 2.46. The second-order valence-corrected chi connectivity index (χ2v) is 15.5. The highest BCUT2D eigenvalue weighted by Gasteiger charge is 2.61. The lowest BCUT2D eigenvalue weighted by Gasteiger charge is -2.30. The van der Waals surface area contributed by atoms with Crippen molar-refractivity contribution in [2.75, 3.05) is 6.54 Å². The number of aliphatic hydroxyl groups is 1. The van der Waals surface area contributed by atoms with Crippen LogP contribution in [0.3, 0.4) is 0 Å². The molecule has 0 radical (unpaired) electrons. The van der Waals surface area contributed by atoms with E-state index in [2.05, 4.69) is 15.4 Å². The minimum Gasteiger partial charge on any atom is -0.385 e. The van der Waals surface area contributed by atoms with Crippen molar-refractivity contribution >= 4 is 45.0 Å². The van der Waals surface area contributed by atoms with Gasteiger partial charge in [0.05, 0.1) is 15.7 Å². The van der Waals surface area contributed by atoms with Gasteiger partial charge in [-0.05, 0) is 77.3 Å². The minimum atomic E-state index is -3.80. The Balaban J connectivity index is 1.35. The van der Waals surface area contributed by atoms with Crippen LogP contribution in [0, 0.1) is 5.92 Å². The SMILES string of the molecule is CC(C)(O)c1ccc(C(=O)N[C@H]2CCCCC/C=C\C3C[C@@]3(C(=O)NS(=O)(=O)C3CC3)NC(=O)C3CCCN3C2=O)s1. The summed E-state index contributed by atoms with van der Waals surface area (Å²) in [6.07, 6.45) is 9.64. The van der Waals surface area contributed by atoms with E-state index in [1.165, 1.54) is 4.90 Å². The molecule has 0 aromatic carbocycles. The van der Waals surface area contributed by atoms with Crippen LogP contribution in [-0.2, 0) is 30.0 Å². The Morgan fingerprint density at radius 2 is 1.86 bits per heavy atom. The van der Waals surface area contributed by atoms with Gasteiger partial charge in [0.15, 0.2) is 0 Å². The zero-order valence-electron chi connectivity index (χ0n) is 24.1. The van der Waals surface area contributed by atoms with Gasteiger partial charge in [0.1, 0.15) is 17.6 Å². The zero-order chi connectivity index (χ0) is 30.3. The fourth-order valence-corrected chi connectivity index (χ4v) is 8.07. The van der Waals surface area contributed by atoms with Crippen LogP contribution in [0.5, 0.6) is 0 Å². The van der Waals surface area contributed by atoms with Crippen molar-refractivity contribution in [3.8, 4) is 0 Å². The Morgan fingerprint density at radius 1 is 1.10 bits per heavy atom. The molecular formula is C29H40N4O7S2. The molecule has 11 nitrogen and oxygen atoms in total. The lowest BCUT2D eigenvalue weighted by atomic mass is 10.0. The summed E-state index contributed by atoms with van der Waals surface area (Å²) in [5.74, 6) is -2.33. The predicted octanol–water partition coefficient (Wildman–Crippen LogP) is 2.07. The first kappa shape index (κ1) is 30.7. The molecule has 3 fully saturated rings. The normalized spacial score (nSPS) is 29.8. The second kappa shape index (κ2) is 11.7. The lowest BCUT2D eigenvalue weighted by Crippen LogP contribution is -2.58. The van der Waals surface area contributed by atoms with E-state index in [1.54, 1.807) is 26.0 Å². The van der Waals surface area contributed by atoms with Gasteiger partial charge in [-0.2, -0.15) is 0 Å². The summed E-state index contributed by atoms with van der Waals surface area (Å²) in [6.45, 7) is 3.62. The predicted molar refractivity (Wildman–Crippen MR) is 157 cm³/mol. The van der Waals surface area contributed by atoms with Crippen LogP contribution < -0.4 is 15.4 Å². The number of rotatable bonds is 6. The molecule has 4 N–H and O–H groups in total. The number of thiophene rings is 1. The van der Waals surface area contributed by atoms with Crippen LogP contribution in [0.25, 0.3) is 0 Å². The Bertz CT molecular complexity index is 1380. The first-order valence-corrected chi connectivity index (χ1v) is 17.2. The topological polar surface area (TPSA) is 162 Å². The summed E-state index contributed by atoms with van der Waals surface area (Å²) in [5.41, 5.74) is -2.47. The Kier molecular flexibility index (Phi) is 8.56. The molecule has 1 saturated heterocycles. The Morgan fingerprint density at radius 3 is 2.55 bits per heavy atom. The van der Waals surface area contributed by atoms with Gasteiger partial charge in [0.2, 0.25) is 21.8 Å². The van der Waals surface area contributed by atoms with Gasteiger partial charge < -0.3 is 20.6 Å². The van der Waals surface area contributed by atoms with Crippen LogP contribution in [0.15, 0.2) is 24.3 Å². The summed E-state index contributed by atoms with van der Waals surface area (Å²) in [5, 5.41) is 15.4. The molecule has 2 aliphatic carbocycles. The quantitative estimate of drug-likeness (QED) is 0.354. The third kappa shape index (κ3) is 6.57. The van der Waals surface area contributed by atoms with Crippen LogP contribution >= 0.6 is 11.3 Å². The van der Waals surface area contributed by atoms with Crippen LogP contribution in [-0.4, -0.2) is 71.5 Å². The van der Waals surface area contributed by atoms with Gasteiger partial charge in [-0.15, -0.1) is 11.3 Å². The number of fused-ring (bicyclic) bond motifs is 2. The molecule has 1 aromatic heterocycles. The smallest absolute Gasteiger partial charge is 0.262 e. The van der Waals surface area contributed by atoms with Crippen molar-refractivity contribution in [1.29, 1.82) is 0 Å². The molecule has 2 aliphatic heterocycles. The second-order valence-electron chi connectivity index (χ2n) is 12.5. The van der Waals surface area contributed by atoms with Crippen molar-refractivity contribution in [3.63, 3.8) is 0 Å². The number of hydrogen-bond acceptors (Lipinski definition) is 8. The third-order valence-corrected chi connectivity index (χ3v) is 11.8. The number of carbonyl (C=O) groups excluding carboxylic acids is 4. The Hall–Kier alpha value is -2.77. The van der Waals surface area contributed by atoms with Gasteiger partial charge in [0.25, 0.3) is 11.8 Å². The Labute approximate surface area is 250 Å². The summed E-state index contributed by atoms with van der Waals surface area (Å²) < 4.78 is 27.3. The molecule has 3 heterocycles. The van der Waals surface area contributed by atoms with Gasteiger partial charge in [-0.3, -0.25) is 23.9 Å². The molecule has 2 unspecified atom stereocenters. The van der Waals surface area contributed by atoms with Gasteiger partial charge in [-0.1, -0.05) is 25.0 Å². The van der Waals surface area contributed by atoms with E-state index in [0.717, 1.165) is 30.6 Å². The first-order valence-electron chi connectivity index (χ1n) is 14.8. The number of nitrogens with one attached hydrogen (secondary N) is 3. The molecule has 0 spiro atoms. The number of sulfonamides is 1. The first-order chi connectivity index (χ1) is 19.8. The maximum atomic E-state index is 13.8. The van der Waals surface area contributed by atoms with E-state index >= 15 is 0 Å². The zero-order valence-corrected chi connectivity index (χ0v) is 25.7. The standard InChI is InChI=1S/C29H40N4O7S2/c1-28(2,38)23-15-14-22(41-23)25(35)30-20-10-7-5-3-4-6-9-18-17-29(18,27(37)32-42(39,40)19-12-13-19)31-24(34)21-11-8-16-33(21)26(20)36/h6,9,14-15,18-21,38H,3-5,7-8,10-13,16-17H2,1-2H3,(H,30,35)(H,31,34)(H,32,37)/b9-6-/t18?,20-,21?,29+/m0/s1. The molecule has 13 heteroatoms. The number of allylic oxidation sites excluding steroid dienone is 1. The van der Waals surface area contributed by atoms with Crippen molar-refractivity contribution in [2.24, 2.45) is 5.92 Å². The van der Waals surface area contributed by atoms with E-state index in [-0.39, 0.29) is 18.2 Å². The molecule has 2 saturated carbocycles. The number of hydrogen-bond donors (Lipinski definition) is 4. The molecule has 42 heavy (non-hydrogen) atoms. The molecule has 0 bridgehead atoms. The summed E-state index contributed by atoms with van der Waals surface area (Å²) >= 11 is 1.16. The lowest BCUT2D eigenvalue weighted by molar-refractivity contribution is -0.141. The van der Waals surface area contributed by atoms with Gasteiger partial charge in [0, 0.05) is 17.3 Å². The number of carbonyl (C=O) groups is 4.